The SMILES string of the molecule is CCc1cc(C(=O)OC)cc(Cl)n1. The first kappa shape index (κ1) is 9.99. The maximum atomic E-state index is 11.1. The van der Waals surface area contributed by atoms with Crippen molar-refractivity contribution in [2.75, 3.05) is 7.11 Å². The van der Waals surface area contributed by atoms with Crippen molar-refractivity contribution >= 4 is 17.6 Å². The summed E-state index contributed by atoms with van der Waals surface area (Å²) >= 11 is 5.71. The Morgan fingerprint density at radius 3 is 2.85 bits per heavy atom. The summed E-state index contributed by atoms with van der Waals surface area (Å²) < 4.78 is 4.57. The predicted molar refractivity (Wildman–Crippen MR) is 50.0 cm³/mol. The van der Waals surface area contributed by atoms with Gasteiger partial charge in [0.05, 0.1) is 12.7 Å². The van der Waals surface area contributed by atoms with Gasteiger partial charge < -0.3 is 4.74 Å². The Morgan fingerprint density at radius 1 is 1.62 bits per heavy atom. The molecule has 0 aromatic carbocycles. The number of halogens is 1. The van der Waals surface area contributed by atoms with Gasteiger partial charge in [0.1, 0.15) is 5.15 Å². The number of aromatic nitrogens is 1. The lowest BCUT2D eigenvalue weighted by atomic mass is 10.2. The quantitative estimate of drug-likeness (QED) is 0.541. The smallest absolute Gasteiger partial charge is 0.338 e. The summed E-state index contributed by atoms with van der Waals surface area (Å²) in [5, 5.41) is 0.319. The molecule has 1 aromatic rings. The number of hydrogen-bond acceptors (Lipinski definition) is 3. The van der Waals surface area contributed by atoms with E-state index in [2.05, 4.69) is 9.72 Å². The van der Waals surface area contributed by atoms with E-state index in [1.165, 1.54) is 13.2 Å². The van der Waals surface area contributed by atoms with Crippen molar-refractivity contribution in [1.29, 1.82) is 0 Å². The van der Waals surface area contributed by atoms with Crippen LogP contribution in [0.1, 0.15) is 23.0 Å². The Kier molecular flexibility index (Phi) is 3.25. The number of hydrogen-bond donors (Lipinski definition) is 0. The van der Waals surface area contributed by atoms with Gasteiger partial charge in [-0.05, 0) is 18.6 Å². The first-order valence-electron chi connectivity index (χ1n) is 3.92. The van der Waals surface area contributed by atoms with Crippen molar-refractivity contribution in [3.05, 3.63) is 28.5 Å². The zero-order chi connectivity index (χ0) is 9.84. The van der Waals surface area contributed by atoms with Crippen molar-refractivity contribution in [1.82, 2.24) is 4.98 Å². The predicted octanol–water partition coefficient (Wildman–Crippen LogP) is 2.08. The Labute approximate surface area is 81.7 Å². The Balaban J connectivity index is 3.08. The van der Waals surface area contributed by atoms with E-state index >= 15 is 0 Å². The van der Waals surface area contributed by atoms with Gasteiger partial charge in [0.25, 0.3) is 0 Å². The minimum atomic E-state index is -0.390. The molecule has 1 heterocycles. The molecule has 0 radical (unpaired) electrons. The summed E-state index contributed by atoms with van der Waals surface area (Å²) in [4.78, 5) is 15.2. The monoisotopic (exact) mass is 199 g/mol. The standard InChI is InChI=1S/C9H10ClNO2/c1-3-7-4-6(9(12)13-2)5-8(10)11-7/h4-5H,3H2,1-2H3. The third-order valence-electron chi connectivity index (χ3n) is 1.63. The molecule has 0 fully saturated rings. The van der Waals surface area contributed by atoms with Crippen LogP contribution < -0.4 is 0 Å². The number of carbonyl (C=O) groups excluding carboxylic acids is 1. The lowest BCUT2D eigenvalue weighted by Gasteiger charge is -2.02. The molecular weight excluding hydrogens is 190 g/mol. The molecule has 0 bridgehead atoms. The largest absolute Gasteiger partial charge is 0.465 e. The molecule has 70 valence electrons. The van der Waals surface area contributed by atoms with E-state index in [1.807, 2.05) is 6.92 Å². The average molecular weight is 200 g/mol. The van der Waals surface area contributed by atoms with Gasteiger partial charge in [-0.3, -0.25) is 0 Å². The number of methoxy groups -OCH3 is 1. The average Bonchev–Trinajstić information content (AvgIpc) is 2.15. The molecule has 3 nitrogen and oxygen atoms in total. The highest BCUT2D eigenvalue weighted by Gasteiger charge is 2.07. The third kappa shape index (κ3) is 2.42. The fourth-order valence-electron chi connectivity index (χ4n) is 0.968. The molecule has 0 N–H and O–H groups in total. The molecule has 0 amide bonds. The minimum Gasteiger partial charge on any atom is -0.465 e. The fourth-order valence-corrected chi connectivity index (χ4v) is 1.19. The summed E-state index contributed by atoms with van der Waals surface area (Å²) in [5.41, 5.74) is 1.23. The Bertz CT molecular complexity index is 325. The molecule has 1 rings (SSSR count). The number of aryl methyl sites for hydroxylation is 1. The van der Waals surface area contributed by atoms with Crippen LogP contribution in [0.4, 0.5) is 0 Å². The second-order valence-corrected chi connectivity index (χ2v) is 2.90. The second-order valence-electron chi connectivity index (χ2n) is 2.52. The number of esters is 1. The number of carbonyl (C=O) groups is 1. The molecule has 0 atom stereocenters. The van der Waals surface area contributed by atoms with Gasteiger partial charge in [-0.1, -0.05) is 18.5 Å². The molecule has 13 heavy (non-hydrogen) atoms. The number of pyridine rings is 1. The van der Waals surface area contributed by atoms with Gasteiger partial charge >= 0.3 is 5.97 Å². The summed E-state index contributed by atoms with van der Waals surface area (Å²) in [6.07, 6.45) is 0.741. The molecular formula is C9H10ClNO2. The third-order valence-corrected chi connectivity index (χ3v) is 1.82. The van der Waals surface area contributed by atoms with Gasteiger partial charge in [0.2, 0.25) is 0 Å². The molecule has 0 unspecified atom stereocenters. The van der Waals surface area contributed by atoms with Crippen LogP contribution in [0, 0.1) is 0 Å². The van der Waals surface area contributed by atoms with Crippen LogP contribution in [-0.4, -0.2) is 18.1 Å². The molecule has 0 aliphatic heterocycles. The second kappa shape index (κ2) is 4.23. The Morgan fingerprint density at radius 2 is 2.31 bits per heavy atom. The summed E-state index contributed by atoms with van der Waals surface area (Å²) in [6.45, 7) is 1.94. The number of nitrogens with zero attached hydrogens (tertiary/aromatic N) is 1. The molecule has 0 spiro atoms. The van der Waals surface area contributed by atoms with Gasteiger partial charge in [-0.2, -0.15) is 0 Å². The summed E-state index contributed by atoms with van der Waals surface area (Å²) in [5.74, 6) is -0.390. The van der Waals surface area contributed by atoms with Crippen LogP contribution in [0.3, 0.4) is 0 Å². The fraction of sp³-hybridized carbons (Fsp3) is 0.333. The van der Waals surface area contributed by atoms with Gasteiger partial charge in [-0.25, -0.2) is 9.78 Å². The van der Waals surface area contributed by atoms with Crippen LogP contribution in [0.25, 0.3) is 0 Å². The van der Waals surface area contributed by atoms with Gasteiger partial charge in [0.15, 0.2) is 0 Å². The van der Waals surface area contributed by atoms with Crippen molar-refractivity contribution in [2.24, 2.45) is 0 Å². The highest BCUT2D eigenvalue weighted by atomic mass is 35.5. The topological polar surface area (TPSA) is 39.2 Å². The maximum Gasteiger partial charge on any atom is 0.338 e. The van der Waals surface area contributed by atoms with Crippen LogP contribution >= 0.6 is 11.6 Å². The summed E-state index contributed by atoms with van der Waals surface area (Å²) in [6, 6.07) is 3.17. The van der Waals surface area contributed by atoms with Crippen molar-refractivity contribution < 1.29 is 9.53 Å². The van der Waals surface area contributed by atoms with E-state index in [-0.39, 0.29) is 5.97 Å². The zero-order valence-corrected chi connectivity index (χ0v) is 8.26. The van der Waals surface area contributed by atoms with E-state index < -0.39 is 0 Å². The van der Waals surface area contributed by atoms with E-state index in [9.17, 15) is 4.79 Å². The van der Waals surface area contributed by atoms with Crippen molar-refractivity contribution in [3.63, 3.8) is 0 Å². The number of ether oxygens (including phenoxy) is 1. The minimum absolute atomic E-state index is 0.319. The normalized spacial score (nSPS) is 9.77. The molecule has 4 heteroatoms. The maximum absolute atomic E-state index is 11.1. The number of rotatable bonds is 2. The van der Waals surface area contributed by atoms with E-state index in [0.717, 1.165) is 12.1 Å². The molecule has 0 saturated carbocycles. The summed E-state index contributed by atoms with van der Waals surface area (Å²) in [7, 11) is 1.34. The molecule has 0 saturated heterocycles. The highest BCUT2D eigenvalue weighted by molar-refractivity contribution is 6.29. The van der Waals surface area contributed by atoms with E-state index in [4.69, 9.17) is 11.6 Å². The van der Waals surface area contributed by atoms with Crippen molar-refractivity contribution in [2.45, 2.75) is 13.3 Å². The highest BCUT2D eigenvalue weighted by Crippen LogP contribution is 2.12. The molecule has 1 aromatic heterocycles. The van der Waals surface area contributed by atoms with Gasteiger partial charge in [-0.15, -0.1) is 0 Å². The van der Waals surface area contributed by atoms with Gasteiger partial charge in [0, 0.05) is 5.69 Å². The van der Waals surface area contributed by atoms with Crippen LogP contribution in [0.2, 0.25) is 5.15 Å². The van der Waals surface area contributed by atoms with E-state index in [1.54, 1.807) is 6.07 Å². The van der Waals surface area contributed by atoms with Crippen LogP contribution in [0.15, 0.2) is 12.1 Å². The zero-order valence-electron chi connectivity index (χ0n) is 7.50. The van der Waals surface area contributed by atoms with Crippen LogP contribution in [0.5, 0.6) is 0 Å². The first-order chi connectivity index (χ1) is 6.17. The lowest BCUT2D eigenvalue weighted by molar-refractivity contribution is 0.0600. The Hall–Kier alpha value is -1.09. The molecule has 0 aliphatic carbocycles. The van der Waals surface area contributed by atoms with Crippen LogP contribution in [-0.2, 0) is 11.2 Å². The van der Waals surface area contributed by atoms with Crippen molar-refractivity contribution in [3.8, 4) is 0 Å². The van der Waals surface area contributed by atoms with E-state index in [0.29, 0.717) is 10.7 Å². The lowest BCUT2D eigenvalue weighted by Crippen LogP contribution is -2.03. The first-order valence-corrected chi connectivity index (χ1v) is 4.30. The molecule has 0 aliphatic rings.